The van der Waals surface area contributed by atoms with Gasteiger partial charge in [0.1, 0.15) is 4.21 Å². The first-order valence-electron chi connectivity index (χ1n) is 6.57. The van der Waals surface area contributed by atoms with E-state index in [1.165, 1.54) is 19.2 Å². The Morgan fingerprint density at radius 2 is 1.96 bits per heavy atom. The van der Waals surface area contributed by atoms with Crippen molar-refractivity contribution in [3.63, 3.8) is 0 Å². The highest BCUT2D eigenvalue weighted by atomic mass is 32.2. The van der Waals surface area contributed by atoms with E-state index in [-0.39, 0.29) is 9.90 Å². The van der Waals surface area contributed by atoms with Crippen LogP contribution in [0.15, 0.2) is 46.0 Å². The van der Waals surface area contributed by atoms with Crippen LogP contribution in [-0.2, 0) is 21.0 Å². The summed E-state index contributed by atoms with van der Waals surface area (Å²) in [4.78, 5) is 11.9. The Morgan fingerprint density at radius 3 is 2.54 bits per heavy atom. The number of hydrogen-bond donors (Lipinski definition) is 1. The molecule has 0 aliphatic heterocycles. The molecule has 2 aromatic rings. The first-order chi connectivity index (χ1) is 11.1. The molecule has 0 radical (unpaired) electrons. The van der Waals surface area contributed by atoms with Crippen molar-refractivity contribution < 1.29 is 26.4 Å². The Kier molecular flexibility index (Phi) is 5.31. The van der Waals surface area contributed by atoms with Gasteiger partial charge in [-0.3, -0.25) is 4.79 Å². The van der Waals surface area contributed by atoms with E-state index in [1.54, 1.807) is 11.4 Å². The summed E-state index contributed by atoms with van der Waals surface area (Å²) < 4.78 is 63.2. The molecule has 24 heavy (non-hydrogen) atoms. The van der Waals surface area contributed by atoms with Gasteiger partial charge in [0, 0.05) is 12.7 Å². The highest BCUT2D eigenvalue weighted by molar-refractivity contribution is 7.91. The average molecular weight is 378 g/mol. The molecule has 0 bridgehead atoms. The van der Waals surface area contributed by atoms with Crippen LogP contribution in [0, 0.1) is 0 Å². The zero-order valence-electron chi connectivity index (χ0n) is 12.4. The van der Waals surface area contributed by atoms with Crippen molar-refractivity contribution >= 4 is 33.0 Å². The third-order valence-electron chi connectivity index (χ3n) is 3.00. The number of rotatable bonds is 5. The largest absolute Gasteiger partial charge is 0.416 e. The number of sulfonamides is 1. The quantitative estimate of drug-likeness (QED) is 0.870. The van der Waals surface area contributed by atoms with Gasteiger partial charge in [-0.25, -0.2) is 8.42 Å². The number of carbonyl (C=O) groups excluding carboxylic acids is 1. The molecular formula is C14H13F3N2O3S2. The molecule has 10 heteroatoms. The van der Waals surface area contributed by atoms with Gasteiger partial charge in [0.05, 0.1) is 12.1 Å². The first kappa shape index (κ1) is 18.4. The van der Waals surface area contributed by atoms with Crippen LogP contribution in [0.5, 0.6) is 0 Å². The molecule has 0 aliphatic carbocycles. The van der Waals surface area contributed by atoms with Gasteiger partial charge in [0.2, 0.25) is 5.91 Å². The molecule has 0 spiro atoms. The number of likely N-dealkylation sites (N-methyl/N-ethyl adjacent to an activating group) is 1. The molecule has 1 heterocycles. The average Bonchev–Trinajstić information content (AvgIpc) is 3.01. The lowest BCUT2D eigenvalue weighted by Gasteiger charge is -2.16. The second-order valence-corrected chi connectivity index (χ2v) is 8.04. The van der Waals surface area contributed by atoms with Crippen LogP contribution >= 0.6 is 11.3 Å². The Labute approximate surface area is 140 Å². The lowest BCUT2D eigenvalue weighted by molar-refractivity contribution is -0.137. The van der Waals surface area contributed by atoms with Crippen LogP contribution in [-0.4, -0.2) is 32.2 Å². The molecule has 130 valence electrons. The predicted octanol–water partition coefficient (Wildman–Crippen LogP) is 3.03. The predicted molar refractivity (Wildman–Crippen MR) is 84.2 cm³/mol. The van der Waals surface area contributed by atoms with Gasteiger partial charge in [0.15, 0.2) is 0 Å². The van der Waals surface area contributed by atoms with E-state index < -0.39 is 34.2 Å². The fourth-order valence-electron chi connectivity index (χ4n) is 1.82. The van der Waals surface area contributed by atoms with Crippen molar-refractivity contribution in [1.82, 2.24) is 4.31 Å². The normalized spacial score (nSPS) is 12.4. The number of thiophene rings is 1. The molecule has 0 saturated heterocycles. The van der Waals surface area contributed by atoms with Gasteiger partial charge in [-0.2, -0.15) is 17.5 Å². The molecule has 1 N–H and O–H groups in total. The van der Waals surface area contributed by atoms with Crippen molar-refractivity contribution in [2.45, 2.75) is 10.4 Å². The van der Waals surface area contributed by atoms with E-state index in [2.05, 4.69) is 5.32 Å². The Morgan fingerprint density at radius 1 is 1.25 bits per heavy atom. The molecule has 1 amide bonds. The second kappa shape index (κ2) is 6.91. The number of benzene rings is 1. The van der Waals surface area contributed by atoms with Crippen molar-refractivity contribution in [2.75, 3.05) is 18.9 Å². The van der Waals surface area contributed by atoms with Gasteiger partial charge in [-0.05, 0) is 29.6 Å². The van der Waals surface area contributed by atoms with Crippen LogP contribution in [0.2, 0.25) is 0 Å². The Hall–Kier alpha value is -1.91. The monoisotopic (exact) mass is 378 g/mol. The summed E-state index contributed by atoms with van der Waals surface area (Å²) in [5.41, 5.74) is -0.961. The van der Waals surface area contributed by atoms with Gasteiger partial charge >= 0.3 is 6.18 Å². The fourth-order valence-corrected chi connectivity index (χ4v) is 4.15. The molecule has 1 aromatic carbocycles. The maximum Gasteiger partial charge on any atom is 0.416 e. The SMILES string of the molecule is CN(CC(=O)Nc1cccc(C(F)(F)F)c1)S(=O)(=O)c1cccs1. The van der Waals surface area contributed by atoms with Crippen LogP contribution < -0.4 is 5.32 Å². The summed E-state index contributed by atoms with van der Waals surface area (Å²) in [6.07, 6.45) is -4.53. The standard InChI is InChI=1S/C14H13F3N2O3S2/c1-19(24(21,22)13-6-3-7-23-13)9-12(20)18-11-5-2-4-10(8-11)14(15,16)17/h2-8H,9H2,1H3,(H,18,20). The number of nitrogens with zero attached hydrogens (tertiary/aromatic N) is 1. The number of carbonyl (C=O) groups is 1. The summed E-state index contributed by atoms with van der Waals surface area (Å²) >= 11 is 1.01. The number of hydrogen-bond acceptors (Lipinski definition) is 4. The van der Waals surface area contributed by atoms with Crippen LogP contribution in [0.1, 0.15) is 5.56 Å². The minimum Gasteiger partial charge on any atom is -0.325 e. The maximum absolute atomic E-state index is 12.6. The molecule has 2 rings (SSSR count). The first-order valence-corrected chi connectivity index (χ1v) is 8.89. The fraction of sp³-hybridized carbons (Fsp3) is 0.214. The Bertz CT molecular complexity index is 818. The minimum absolute atomic E-state index is 0.0586. The summed E-state index contributed by atoms with van der Waals surface area (Å²) in [6, 6.07) is 7.08. The van der Waals surface area contributed by atoms with E-state index in [4.69, 9.17) is 0 Å². The zero-order valence-corrected chi connectivity index (χ0v) is 14.0. The topological polar surface area (TPSA) is 66.5 Å². The van der Waals surface area contributed by atoms with Crippen molar-refractivity contribution in [3.05, 3.63) is 47.3 Å². The molecular weight excluding hydrogens is 365 g/mol. The van der Waals surface area contributed by atoms with Crippen molar-refractivity contribution in [1.29, 1.82) is 0 Å². The summed E-state index contributed by atoms with van der Waals surface area (Å²) in [6.45, 7) is -0.517. The van der Waals surface area contributed by atoms with E-state index in [1.807, 2.05) is 0 Å². The smallest absolute Gasteiger partial charge is 0.325 e. The molecule has 5 nitrogen and oxygen atoms in total. The van der Waals surface area contributed by atoms with E-state index in [9.17, 15) is 26.4 Å². The summed E-state index contributed by atoms with van der Waals surface area (Å²) in [7, 11) is -2.58. The second-order valence-electron chi connectivity index (χ2n) is 4.82. The van der Waals surface area contributed by atoms with Gasteiger partial charge in [0.25, 0.3) is 10.0 Å². The van der Waals surface area contributed by atoms with Gasteiger partial charge in [-0.15, -0.1) is 11.3 Å². The summed E-state index contributed by atoms with van der Waals surface area (Å²) in [5, 5.41) is 3.85. The van der Waals surface area contributed by atoms with Crippen LogP contribution in [0.4, 0.5) is 18.9 Å². The van der Waals surface area contributed by atoms with E-state index in [0.717, 1.165) is 33.8 Å². The van der Waals surface area contributed by atoms with E-state index >= 15 is 0 Å². The lowest BCUT2D eigenvalue weighted by Crippen LogP contribution is -2.34. The molecule has 0 aliphatic rings. The Balaban J connectivity index is 2.06. The molecule has 0 fully saturated rings. The highest BCUT2D eigenvalue weighted by Crippen LogP contribution is 2.30. The third-order valence-corrected chi connectivity index (χ3v) is 6.18. The number of anilines is 1. The van der Waals surface area contributed by atoms with Gasteiger partial charge < -0.3 is 5.32 Å². The minimum atomic E-state index is -4.53. The van der Waals surface area contributed by atoms with Crippen molar-refractivity contribution in [3.8, 4) is 0 Å². The maximum atomic E-state index is 12.6. The number of amides is 1. The van der Waals surface area contributed by atoms with Gasteiger partial charge in [-0.1, -0.05) is 12.1 Å². The molecule has 0 atom stereocenters. The molecule has 1 aromatic heterocycles. The van der Waals surface area contributed by atoms with Crippen LogP contribution in [0.25, 0.3) is 0 Å². The van der Waals surface area contributed by atoms with E-state index in [0.29, 0.717) is 0 Å². The number of halogens is 3. The molecule has 0 unspecified atom stereocenters. The number of alkyl halides is 3. The van der Waals surface area contributed by atoms with Crippen LogP contribution in [0.3, 0.4) is 0 Å². The summed E-state index contributed by atoms with van der Waals surface area (Å²) in [5.74, 6) is -0.739. The van der Waals surface area contributed by atoms with Crippen molar-refractivity contribution in [2.24, 2.45) is 0 Å². The number of nitrogens with one attached hydrogen (secondary N) is 1. The zero-order chi connectivity index (χ0) is 18.0. The third kappa shape index (κ3) is 4.34. The lowest BCUT2D eigenvalue weighted by atomic mass is 10.2. The highest BCUT2D eigenvalue weighted by Gasteiger charge is 2.30. The molecule has 0 saturated carbocycles.